The van der Waals surface area contributed by atoms with Crippen molar-refractivity contribution >= 4 is 24.2 Å². The van der Waals surface area contributed by atoms with Crippen LogP contribution in [-0.4, -0.2) is 24.4 Å². The van der Waals surface area contributed by atoms with E-state index in [9.17, 15) is 9.59 Å². The zero-order valence-electron chi connectivity index (χ0n) is 16.2. The van der Waals surface area contributed by atoms with Crippen LogP contribution in [0.4, 0.5) is 0 Å². The highest BCUT2D eigenvalue weighted by Crippen LogP contribution is 2.19. The second-order valence-corrected chi connectivity index (χ2v) is 6.65. The highest BCUT2D eigenvalue weighted by atomic mass is 35.5. The Morgan fingerprint density at radius 1 is 1.00 bits per heavy atom. The first-order valence-electron chi connectivity index (χ1n) is 9.02. The quantitative estimate of drug-likeness (QED) is 0.597. The molecule has 0 bridgehead atoms. The van der Waals surface area contributed by atoms with Crippen molar-refractivity contribution in [2.45, 2.75) is 33.0 Å². The summed E-state index contributed by atoms with van der Waals surface area (Å²) in [6.45, 7) is 4.38. The summed E-state index contributed by atoms with van der Waals surface area (Å²) in [5.74, 6) is 0.123. The molecule has 7 heteroatoms. The minimum absolute atomic E-state index is 0. The van der Waals surface area contributed by atoms with Gasteiger partial charge in [-0.15, -0.1) is 12.4 Å². The van der Waals surface area contributed by atoms with Crippen LogP contribution in [0.25, 0.3) is 0 Å². The molecule has 0 radical (unpaired) electrons. The van der Waals surface area contributed by atoms with E-state index in [1.165, 1.54) is 0 Å². The van der Waals surface area contributed by atoms with Gasteiger partial charge in [0.05, 0.1) is 12.6 Å². The Hall–Kier alpha value is -2.57. The first-order chi connectivity index (χ1) is 13.0. The third-order valence-electron chi connectivity index (χ3n) is 4.13. The number of benzene rings is 2. The average Bonchev–Trinajstić information content (AvgIpc) is 2.69. The molecule has 0 unspecified atom stereocenters. The maximum absolute atomic E-state index is 12.0. The molecule has 0 aromatic heterocycles. The maximum Gasteiger partial charge on any atom is 0.239 e. The number of hydrogen-bond donors (Lipinski definition) is 3. The topological polar surface area (TPSA) is 93.5 Å². The van der Waals surface area contributed by atoms with Crippen molar-refractivity contribution in [3.05, 3.63) is 65.7 Å². The highest BCUT2D eigenvalue weighted by Gasteiger charge is 2.17. The molecule has 0 aliphatic carbocycles. The van der Waals surface area contributed by atoms with Crippen molar-refractivity contribution in [1.29, 1.82) is 0 Å². The number of carbonyl (C=O) groups is 2. The SMILES string of the molecule is CC(C)[C@H](N)C(=O)NCC(=O)NCc1ccccc1OCc1ccccc1.Cl. The molecule has 0 saturated heterocycles. The molecule has 152 valence electrons. The molecule has 2 aromatic rings. The van der Waals surface area contributed by atoms with Gasteiger partial charge in [0.15, 0.2) is 0 Å². The fraction of sp³-hybridized carbons (Fsp3) is 0.333. The van der Waals surface area contributed by atoms with Crippen molar-refractivity contribution in [3.8, 4) is 5.75 Å². The van der Waals surface area contributed by atoms with E-state index in [0.717, 1.165) is 11.1 Å². The minimum Gasteiger partial charge on any atom is -0.489 e. The fourth-order valence-corrected chi connectivity index (χ4v) is 2.37. The minimum atomic E-state index is -0.620. The Bertz CT molecular complexity index is 754. The molecule has 0 fully saturated rings. The van der Waals surface area contributed by atoms with E-state index in [1.54, 1.807) is 0 Å². The van der Waals surface area contributed by atoms with Crippen molar-refractivity contribution in [3.63, 3.8) is 0 Å². The van der Waals surface area contributed by atoms with Crippen LogP contribution in [0.15, 0.2) is 54.6 Å². The molecule has 2 amide bonds. The lowest BCUT2D eigenvalue weighted by Crippen LogP contribution is -2.47. The van der Waals surface area contributed by atoms with E-state index in [-0.39, 0.29) is 36.7 Å². The van der Waals surface area contributed by atoms with Gasteiger partial charge in [-0.3, -0.25) is 9.59 Å². The zero-order valence-corrected chi connectivity index (χ0v) is 17.0. The lowest BCUT2D eigenvalue weighted by molar-refractivity contribution is -0.127. The zero-order chi connectivity index (χ0) is 19.6. The van der Waals surface area contributed by atoms with Gasteiger partial charge in [0.25, 0.3) is 0 Å². The Morgan fingerprint density at radius 3 is 2.32 bits per heavy atom. The third kappa shape index (κ3) is 7.58. The first kappa shape index (κ1) is 23.5. The molecule has 0 aliphatic rings. The first-order valence-corrected chi connectivity index (χ1v) is 9.02. The molecule has 2 rings (SSSR count). The lowest BCUT2D eigenvalue weighted by Gasteiger charge is -2.15. The highest BCUT2D eigenvalue weighted by molar-refractivity contribution is 5.87. The van der Waals surface area contributed by atoms with Crippen molar-refractivity contribution in [2.75, 3.05) is 6.54 Å². The van der Waals surface area contributed by atoms with Crippen molar-refractivity contribution in [2.24, 2.45) is 11.7 Å². The lowest BCUT2D eigenvalue weighted by atomic mass is 10.1. The molecule has 0 aliphatic heterocycles. The van der Waals surface area contributed by atoms with Gasteiger partial charge in [0, 0.05) is 12.1 Å². The normalized spacial score (nSPS) is 11.3. The van der Waals surface area contributed by atoms with E-state index in [2.05, 4.69) is 10.6 Å². The number of nitrogens with one attached hydrogen (secondary N) is 2. The second kappa shape index (κ2) is 12.0. The van der Waals surface area contributed by atoms with E-state index >= 15 is 0 Å². The molecular formula is C21H28ClN3O3. The Labute approximate surface area is 172 Å². The molecule has 0 spiro atoms. The monoisotopic (exact) mass is 405 g/mol. The Kier molecular flexibility index (Phi) is 10.1. The van der Waals surface area contributed by atoms with Gasteiger partial charge in [-0.05, 0) is 17.5 Å². The van der Waals surface area contributed by atoms with Crippen LogP contribution >= 0.6 is 12.4 Å². The van der Waals surface area contributed by atoms with Gasteiger partial charge in [-0.2, -0.15) is 0 Å². The van der Waals surface area contributed by atoms with Crippen LogP contribution < -0.4 is 21.1 Å². The van der Waals surface area contributed by atoms with Gasteiger partial charge >= 0.3 is 0 Å². The number of amides is 2. The third-order valence-corrected chi connectivity index (χ3v) is 4.13. The van der Waals surface area contributed by atoms with Crippen LogP contribution in [0.1, 0.15) is 25.0 Å². The number of hydrogen-bond acceptors (Lipinski definition) is 4. The van der Waals surface area contributed by atoms with Gasteiger partial charge in [-0.1, -0.05) is 62.4 Å². The molecule has 0 heterocycles. The molecule has 2 aromatic carbocycles. The summed E-state index contributed by atoms with van der Waals surface area (Å²) in [6, 6.07) is 16.8. The van der Waals surface area contributed by atoms with Gasteiger partial charge < -0.3 is 21.1 Å². The summed E-state index contributed by atoms with van der Waals surface area (Å²) in [6.07, 6.45) is 0. The van der Waals surface area contributed by atoms with E-state index in [0.29, 0.717) is 18.9 Å². The van der Waals surface area contributed by atoms with E-state index in [4.69, 9.17) is 10.5 Å². The maximum atomic E-state index is 12.0. The molecule has 4 N–H and O–H groups in total. The predicted molar refractivity (Wildman–Crippen MR) is 112 cm³/mol. The Morgan fingerprint density at radius 2 is 1.64 bits per heavy atom. The largest absolute Gasteiger partial charge is 0.489 e. The van der Waals surface area contributed by atoms with Crippen LogP contribution in [0.3, 0.4) is 0 Å². The number of rotatable bonds is 9. The second-order valence-electron chi connectivity index (χ2n) is 6.65. The molecule has 1 atom stereocenters. The summed E-state index contributed by atoms with van der Waals surface area (Å²) in [4.78, 5) is 23.8. The van der Waals surface area contributed by atoms with Crippen LogP contribution in [0, 0.1) is 5.92 Å². The van der Waals surface area contributed by atoms with E-state index < -0.39 is 6.04 Å². The number of halogens is 1. The molecule has 0 saturated carbocycles. The summed E-state index contributed by atoms with van der Waals surface area (Å²) < 4.78 is 5.87. The van der Waals surface area contributed by atoms with Gasteiger partial charge in [-0.25, -0.2) is 0 Å². The van der Waals surface area contributed by atoms with E-state index in [1.807, 2.05) is 68.4 Å². The number of ether oxygens (including phenoxy) is 1. The summed E-state index contributed by atoms with van der Waals surface area (Å²) in [7, 11) is 0. The smallest absolute Gasteiger partial charge is 0.239 e. The fourth-order valence-electron chi connectivity index (χ4n) is 2.37. The molecule has 28 heavy (non-hydrogen) atoms. The number of carbonyl (C=O) groups excluding carboxylic acids is 2. The van der Waals surface area contributed by atoms with Crippen LogP contribution in [-0.2, 0) is 22.7 Å². The van der Waals surface area contributed by atoms with Gasteiger partial charge in [0.1, 0.15) is 12.4 Å². The summed E-state index contributed by atoms with van der Waals surface area (Å²) in [5, 5.41) is 5.34. The summed E-state index contributed by atoms with van der Waals surface area (Å²) >= 11 is 0. The van der Waals surface area contributed by atoms with Crippen LogP contribution in [0.5, 0.6) is 5.75 Å². The summed E-state index contributed by atoms with van der Waals surface area (Å²) in [5.41, 5.74) is 7.69. The van der Waals surface area contributed by atoms with Crippen molar-refractivity contribution in [1.82, 2.24) is 10.6 Å². The predicted octanol–water partition coefficient (Wildman–Crippen LogP) is 2.40. The van der Waals surface area contributed by atoms with Gasteiger partial charge in [0.2, 0.25) is 11.8 Å². The molecular weight excluding hydrogens is 378 g/mol. The number of nitrogens with two attached hydrogens (primary N) is 1. The Balaban J connectivity index is 0.00000392. The molecule has 6 nitrogen and oxygen atoms in total. The van der Waals surface area contributed by atoms with Crippen LogP contribution in [0.2, 0.25) is 0 Å². The standard InChI is InChI=1S/C21H27N3O3.ClH/c1-15(2)20(22)21(26)24-13-19(25)23-12-17-10-6-7-11-18(17)27-14-16-8-4-3-5-9-16;/h3-11,15,20H,12-14,22H2,1-2H3,(H,23,25)(H,24,26);1H/t20-;/m0./s1. The number of para-hydroxylation sites is 1. The van der Waals surface area contributed by atoms with Crippen molar-refractivity contribution < 1.29 is 14.3 Å². The average molecular weight is 406 g/mol.